The van der Waals surface area contributed by atoms with E-state index in [1.807, 2.05) is 0 Å². The molecule has 0 aliphatic carbocycles. The Kier molecular flexibility index (Phi) is 6.26. The van der Waals surface area contributed by atoms with Crippen LogP contribution in [0.25, 0.3) is 0 Å². The fourth-order valence-corrected chi connectivity index (χ4v) is 1.87. The number of guanidine groups is 1. The number of aryl methyl sites for hydroxylation is 2. The standard InChI is InChI=1S/C15H25N3/c1-4-5-9-17-15(16)18-10-8-14-7-6-12(2)11-13(14)3/h6-7,11H,4-5,8-10H2,1-3H3,(H3,16,17,18). The maximum absolute atomic E-state index is 5.78. The second-order valence-electron chi connectivity index (χ2n) is 4.73. The maximum Gasteiger partial charge on any atom is 0.188 e. The van der Waals surface area contributed by atoms with Crippen molar-refractivity contribution in [2.75, 3.05) is 13.1 Å². The first-order chi connectivity index (χ1) is 8.63. The number of benzene rings is 1. The summed E-state index contributed by atoms with van der Waals surface area (Å²) >= 11 is 0. The molecule has 0 atom stereocenters. The van der Waals surface area contributed by atoms with Gasteiger partial charge in [0.2, 0.25) is 0 Å². The van der Waals surface area contributed by atoms with E-state index < -0.39 is 0 Å². The molecule has 3 nitrogen and oxygen atoms in total. The molecule has 3 N–H and O–H groups in total. The third-order valence-electron chi connectivity index (χ3n) is 2.99. The normalized spacial score (nSPS) is 11.6. The van der Waals surface area contributed by atoms with Crippen LogP contribution in [0.3, 0.4) is 0 Å². The maximum atomic E-state index is 5.78. The molecule has 0 heterocycles. The van der Waals surface area contributed by atoms with E-state index in [2.05, 4.69) is 49.3 Å². The number of rotatable bonds is 6. The first-order valence-electron chi connectivity index (χ1n) is 6.73. The summed E-state index contributed by atoms with van der Waals surface area (Å²) in [4.78, 5) is 4.26. The van der Waals surface area contributed by atoms with Crippen molar-refractivity contribution in [1.29, 1.82) is 0 Å². The smallest absolute Gasteiger partial charge is 0.188 e. The van der Waals surface area contributed by atoms with Crippen molar-refractivity contribution in [2.24, 2.45) is 10.7 Å². The van der Waals surface area contributed by atoms with Crippen molar-refractivity contribution in [3.63, 3.8) is 0 Å². The summed E-state index contributed by atoms with van der Waals surface area (Å²) in [7, 11) is 0. The Morgan fingerprint density at radius 2 is 2.11 bits per heavy atom. The molecule has 0 saturated carbocycles. The molecule has 0 aromatic heterocycles. The Hall–Kier alpha value is -1.51. The lowest BCUT2D eigenvalue weighted by Gasteiger charge is -2.08. The van der Waals surface area contributed by atoms with E-state index in [1.54, 1.807) is 0 Å². The van der Waals surface area contributed by atoms with Gasteiger partial charge in [0.25, 0.3) is 0 Å². The minimum atomic E-state index is 0.563. The highest BCUT2D eigenvalue weighted by atomic mass is 15.1. The average Bonchev–Trinajstić information content (AvgIpc) is 2.32. The number of hydrogen-bond donors (Lipinski definition) is 2. The van der Waals surface area contributed by atoms with Crippen LogP contribution in [-0.2, 0) is 6.42 Å². The summed E-state index contributed by atoms with van der Waals surface area (Å²) < 4.78 is 0. The highest BCUT2D eigenvalue weighted by Gasteiger charge is 1.98. The van der Waals surface area contributed by atoms with Gasteiger partial charge in [-0.1, -0.05) is 37.1 Å². The summed E-state index contributed by atoms with van der Waals surface area (Å²) in [5, 5.41) is 3.16. The van der Waals surface area contributed by atoms with Gasteiger partial charge in [-0.25, -0.2) is 0 Å². The number of aliphatic imine (C=N–C) groups is 1. The van der Waals surface area contributed by atoms with Gasteiger partial charge in [-0.15, -0.1) is 0 Å². The summed E-state index contributed by atoms with van der Waals surface area (Å²) in [5.74, 6) is 0.563. The zero-order chi connectivity index (χ0) is 13.4. The van der Waals surface area contributed by atoms with Crippen molar-refractivity contribution < 1.29 is 0 Å². The topological polar surface area (TPSA) is 50.4 Å². The lowest BCUT2D eigenvalue weighted by atomic mass is 10.0. The number of nitrogens with one attached hydrogen (secondary N) is 1. The zero-order valence-corrected chi connectivity index (χ0v) is 11.8. The molecule has 1 aromatic rings. The van der Waals surface area contributed by atoms with Crippen molar-refractivity contribution in [2.45, 2.75) is 40.0 Å². The van der Waals surface area contributed by atoms with Crippen molar-refractivity contribution in [3.8, 4) is 0 Å². The fraction of sp³-hybridized carbons (Fsp3) is 0.533. The molecule has 100 valence electrons. The van der Waals surface area contributed by atoms with Crippen LogP contribution >= 0.6 is 0 Å². The molecule has 1 aromatic carbocycles. The Balaban J connectivity index is 2.35. The van der Waals surface area contributed by atoms with Gasteiger partial charge in [0.1, 0.15) is 0 Å². The van der Waals surface area contributed by atoms with E-state index in [0.717, 1.165) is 32.4 Å². The van der Waals surface area contributed by atoms with Gasteiger partial charge in [-0.3, -0.25) is 4.99 Å². The van der Waals surface area contributed by atoms with E-state index in [4.69, 9.17) is 5.73 Å². The molecule has 0 amide bonds. The first kappa shape index (κ1) is 14.6. The second-order valence-corrected chi connectivity index (χ2v) is 4.73. The van der Waals surface area contributed by atoms with Crippen LogP contribution in [0.5, 0.6) is 0 Å². The zero-order valence-electron chi connectivity index (χ0n) is 11.8. The predicted octanol–water partition coefficient (Wildman–Crippen LogP) is 2.55. The molecule has 0 spiro atoms. The molecule has 0 radical (unpaired) electrons. The molecule has 0 aliphatic rings. The molecule has 0 fully saturated rings. The molecule has 0 saturated heterocycles. The molecule has 0 aliphatic heterocycles. The van der Waals surface area contributed by atoms with Gasteiger partial charge in [0.15, 0.2) is 5.96 Å². The highest BCUT2D eigenvalue weighted by molar-refractivity contribution is 5.77. The molecule has 0 bridgehead atoms. The monoisotopic (exact) mass is 247 g/mol. The van der Waals surface area contributed by atoms with Crippen LogP contribution < -0.4 is 11.1 Å². The third kappa shape index (κ3) is 5.21. The summed E-state index contributed by atoms with van der Waals surface area (Å²) in [6.07, 6.45) is 3.23. The van der Waals surface area contributed by atoms with E-state index in [9.17, 15) is 0 Å². The SMILES string of the molecule is CCCCN=C(N)NCCc1ccc(C)cc1C. The van der Waals surface area contributed by atoms with Gasteiger partial charge >= 0.3 is 0 Å². The van der Waals surface area contributed by atoms with Crippen molar-refractivity contribution in [1.82, 2.24) is 5.32 Å². The van der Waals surface area contributed by atoms with Crippen molar-refractivity contribution >= 4 is 5.96 Å². The Morgan fingerprint density at radius 1 is 1.33 bits per heavy atom. The minimum absolute atomic E-state index is 0.563. The number of unbranched alkanes of at least 4 members (excludes halogenated alkanes) is 1. The summed E-state index contributed by atoms with van der Waals surface area (Å²) in [6, 6.07) is 6.56. The Morgan fingerprint density at radius 3 is 2.78 bits per heavy atom. The quantitative estimate of drug-likeness (QED) is 0.461. The van der Waals surface area contributed by atoms with E-state index >= 15 is 0 Å². The van der Waals surface area contributed by atoms with Crippen LogP contribution in [-0.4, -0.2) is 19.0 Å². The highest BCUT2D eigenvalue weighted by Crippen LogP contribution is 2.10. The minimum Gasteiger partial charge on any atom is -0.370 e. The van der Waals surface area contributed by atoms with Gasteiger partial charge < -0.3 is 11.1 Å². The number of nitrogens with zero attached hydrogens (tertiary/aromatic N) is 1. The van der Waals surface area contributed by atoms with Gasteiger partial charge in [0.05, 0.1) is 0 Å². The molecule has 3 heteroatoms. The average molecular weight is 247 g/mol. The van der Waals surface area contributed by atoms with E-state index in [1.165, 1.54) is 16.7 Å². The molecular weight excluding hydrogens is 222 g/mol. The Labute approximate surface area is 111 Å². The van der Waals surface area contributed by atoms with Crippen LogP contribution in [0.1, 0.15) is 36.5 Å². The summed E-state index contributed by atoms with van der Waals surface area (Å²) in [6.45, 7) is 8.08. The molecular formula is C15H25N3. The lowest BCUT2D eigenvalue weighted by Crippen LogP contribution is -2.33. The molecule has 18 heavy (non-hydrogen) atoms. The predicted molar refractivity (Wildman–Crippen MR) is 79.0 cm³/mol. The van der Waals surface area contributed by atoms with Gasteiger partial charge in [-0.05, 0) is 37.8 Å². The largest absolute Gasteiger partial charge is 0.370 e. The molecule has 0 unspecified atom stereocenters. The van der Waals surface area contributed by atoms with Gasteiger partial charge in [0, 0.05) is 13.1 Å². The number of nitrogens with two attached hydrogens (primary N) is 1. The lowest BCUT2D eigenvalue weighted by molar-refractivity contribution is 0.790. The van der Waals surface area contributed by atoms with Crippen LogP contribution in [0, 0.1) is 13.8 Å². The number of hydrogen-bond acceptors (Lipinski definition) is 1. The summed E-state index contributed by atoms with van der Waals surface area (Å²) in [5.41, 5.74) is 9.81. The third-order valence-corrected chi connectivity index (χ3v) is 2.99. The van der Waals surface area contributed by atoms with Crippen molar-refractivity contribution in [3.05, 3.63) is 34.9 Å². The van der Waals surface area contributed by atoms with Crippen LogP contribution in [0.4, 0.5) is 0 Å². The van der Waals surface area contributed by atoms with Crippen LogP contribution in [0.2, 0.25) is 0 Å². The Bertz CT molecular complexity index is 397. The van der Waals surface area contributed by atoms with E-state index in [0.29, 0.717) is 5.96 Å². The van der Waals surface area contributed by atoms with E-state index in [-0.39, 0.29) is 0 Å². The van der Waals surface area contributed by atoms with Crippen LogP contribution in [0.15, 0.2) is 23.2 Å². The molecule has 1 rings (SSSR count). The van der Waals surface area contributed by atoms with Gasteiger partial charge in [-0.2, -0.15) is 0 Å². The second kappa shape index (κ2) is 7.75. The fourth-order valence-electron chi connectivity index (χ4n) is 1.87. The first-order valence-corrected chi connectivity index (χ1v) is 6.73.